The summed E-state index contributed by atoms with van der Waals surface area (Å²) in [6.45, 7) is 5.98. The van der Waals surface area contributed by atoms with Gasteiger partial charge in [0.25, 0.3) is 0 Å². The van der Waals surface area contributed by atoms with Crippen LogP contribution >= 0.6 is 24.0 Å². The van der Waals surface area contributed by atoms with Crippen molar-refractivity contribution in [3.05, 3.63) is 48.3 Å². The average molecular weight is 524 g/mol. The summed E-state index contributed by atoms with van der Waals surface area (Å²) in [6, 6.07) is 10.2. The van der Waals surface area contributed by atoms with E-state index >= 15 is 0 Å². The van der Waals surface area contributed by atoms with E-state index in [1.807, 2.05) is 34.0 Å². The number of amides is 1. The van der Waals surface area contributed by atoms with Crippen LogP contribution in [-0.2, 0) is 11.3 Å². The molecule has 1 aliphatic rings. The number of likely N-dealkylation sites (tertiary alicyclic amines) is 1. The second-order valence-corrected chi connectivity index (χ2v) is 7.29. The number of aliphatic imine (C=N–C) groups is 1. The fraction of sp³-hybridized carbons (Fsp3) is 0.500. The van der Waals surface area contributed by atoms with Gasteiger partial charge in [0, 0.05) is 45.0 Å². The zero-order valence-electron chi connectivity index (χ0n) is 17.7. The van der Waals surface area contributed by atoms with Crippen LogP contribution in [0.4, 0.5) is 0 Å². The summed E-state index contributed by atoms with van der Waals surface area (Å²) in [4.78, 5) is 18.8. The Labute approximate surface area is 196 Å². The summed E-state index contributed by atoms with van der Waals surface area (Å²) in [6.07, 6.45) is 8.66. The highest BCUT2D eigenvalue weighted by atomic mass is 127. The highest BCUT2D eigenvalue weighted by Gasteiger charge is 2.15. The second-order valence-electron chi connectivity index (χ2n) is 7.29. The zero-order chi connectivity index (χ0) is 20.3. The van der Waals surface area contributed by atoms with E-state index in [2.05, 4.69) is 34.8 Å². The number of carbonyl (C=O) groups is 1. The van der Waals surface area contributed by atoms with Crippen LogP contribution in [0.15, 0.2) is 47.7 Å². The van der Waals surface area contributed by atoms with Crippen molar-refractivity contribution < 1.29 is 4.79 Å². The van der Waals surface area contributed by atoms with Gasteiger partial charge in [-0.1, -0.05) is 18.6 Å². The summed E-state index contributed by atoms with van der Waals surface area (Å²) < 4.78 is 1.85. The van der Waals surface area contributed by atoms with Crippen LogP contribution in [0, 0.1) is 0 Å². The van der Waals surface area contributed by atoms with Gasteiger partial charge in [0.15, 0.2) is 5.96 Å². The third kappa shape index (κ3) is 7.62. The maximum atomic E-state index is 12.1. The maximum Gasteiger partial charge on any atom is 0.222 e. The summed E-state index contributed by atoms with van der Waals surface area (Å²) in [5, 5.41) is 11.0. The number of aromatic nitrogens is 2. The number of hydrogen-bond acceptors (Lipinski definition) is 3. The lowest BCUT2D eigenvalue weighted by atomic mass is 10.2. The highest BCUT2D eigenvalue weighted by molar-refractivity contribution is 14.0. The lowest BCUT2D eigenvalue weighted by Crippen LogP contribution is -2.39. The summed E-state index contributed by atoms with van der Waals surface area (Å²) >= 11 is 0. The Morgan fingerprint density at radius 2 is 2.10 bits per heavy atom. The molecule has 2 heterocycles. The molecular weight excluding hydrogens is 491 g/mol. The lowest BCUT2D eigenvalue weighted by molar-refractivity contribution is -0.130. The molecule has 0 radical (unpaired) electrons. The number of nitrogens with zero attached hydrogens (tertiary/aromatic N) is 4. The topological polar surface area (TPSA) is 74.6 Å². The van der Waals surface area contributed by atoms with Gasteiger partial charge in [-0.05, 0) is 49.9 Å². The van der Waals surface area contributed by atoms with E-state index in [0.29, 0.717) is 18.9 Å². The SMILES string of the molecule is CCNC(=NCc1cccc(-n2cccn2)c1)NCCCN1CCCCCC1=O.I. The Morgan fingerprint density at radius 1 is 1.20 bits per heavy atom. The standard InChI is InChI=1S/C22H32N6O.HI/c1-2-23-22(24-12-7-15-27-14-5-3-4-11-21(27)29)25-18-19-9-6-10-20(17-19)28-16-8-13-26-28;/h6,8-10,13,16-17H,2-5,7,11-12,14-15,18H2,1H3,(H2,23,24,25);1H. The molecule has 0 atom stereocenters. The lowest BCUT2D eigenvalue weighted by Gasteiger charge is -2.20. The van der Waals surface area contributed by atoms with Gasteiger partial charge in [0.1, 0.15) is 0 Å². The van der Waals surface area contributed by atoms with Crippen molar-refractivity contribution in [1.29, 1.82) is 0 Å². The maximum absolute atomic E-state index is 12.1. The fourth-order valence-electron chi connectivity index (χ4n) is 3.48. The number of benzene rings is 1. The molecule has 2 aromatic rings. The molecule has 30 heavy (non-hydrogen) atoms. The van der Waals surface area contributed by atoms with Gasteiger partial charge in [0.05, 0.1) is 12.2 Å². The van der Waals surface area contributed by atoms with Crippen molar-refractivity contribution in [2.45, 2.75) is 45.6 Å². The van der Waals surface area contributed by atoms with Crippen molar-refractivity contribution in [2.75, 3.05) is 26.2 Å². The molecule has 8 heteroatoms. The van der Waals surface area contributed by atoms with Crippen LogP contribution < -0.4 is 10.6 Å². The predicted octanol–water partition coefficient (Wildman–Crippen LogP) is 3.34. The van der Waals surface area contributed by atoms with Gasteiger partial charge in [-0.3, -0.25) is 4.79 Å². The van der Waals surface area contributed by atoms with Crippen LogP contribution in [-0.4, -0.2) is 52.7 Å². The minimum atomic E-state index is 0. The third-order valence-electron chi connectivity index (χ3n) is 5.01. The fourth-order valence-corrected chi connectivity index (χ4v) is 3.48. The number of halogens is 1. The van der Waals surface area contributed by atoms with Crippen LogP contribution in [0.5, 0.6) is 0 Å². The van der Waals surface area contributed by atoms with Crippen molar-refractivity contribution in [3.63, 3.8) is 0 Å². The smallest absolute Gasteiger partial charge is 0.222 e. The first kappa shape index (κ1) is 24.2. The average Bonchev–Trinajstić information content (AvgIpc) is 3.20. The van der Waals surface area contributed by atoms with Gasteiger partial charge < -0.3 is 15.5 Å². The number of rotatable bonds is 8. The molecule has 1 saturated heterocycles. The molecule has 1 aliphatic heterocycles. The summed E-state index contributed by atoms with van der Waals surface area (Å²) in [5.74, 6) is 1.11. The van der Waals surface area contributed by atoms with E-state index in [1.165, 1.54) is 6.42 Å². The molecule has 1 fully saturated rings. The van der Waals surface area contributed by atoms with Gasteiger partial charge in [-0.2, -0.15) is 5.10 Å². The second kappa shape index (κ2) is 13.3. The molecule has 2 N–H and O–H groups in total. The minimum Gasteiger partial charge on any atom is -0.357 e. The number of hydrogen-bond donors (Lipinski definition) is 2. The summed E-state index contributed by atoms with van der Waals surface area (Å²) in [7, 11) is 0. The van der Waals surface area contributed by atoms with Crippen LogP contribution in [0.3, 0.4) is 0 Å². The molecule has 0 bridgehead atoms. The first-order valence-electron chi connectivity index (χ1n) is 10.6. The Hall–Kier alpha value is -2.10. The third-order valence-corrected chi connectivity index (χ3v) is 5.01. The highest BCUT2D eigenvalue weighted by Crippen LogP contribution is 2.12. The first-order chi connectivity index (χ1) is 14.3. The quantitative estimate of drug-likeness (QED) is 0.241. The van der Waals surface area contributed by atoms with E-state index in [0.717, 1.165) is 62.7 Å². The molecule has 1 aromatic carbocycles. The monoisotopic (exact) mass is 524 g/mol. The zero-order valence-corrected chi connectivity index (χ0v) is 20.0. The molecule has 1 amide bonds. The van der Waals surface area contributed by atoms with E-state index in [-0.39, 0.29) is 24.0 Å². The van der Waals surface area contributed by atoms with Gasteiger partial charge in [-0.25, -0.2) is 9.67 Å². The molecule has 164 valence electrons. The molecule has 0 saturated carbocycles. The van der Waals surface area contributed by atoms with E-state index in [4.69, 9.17) is 4.99 Å². The Bertz CT molecular complexity index is 793. The van der Waals surface area contributed by atoms with Crippen LogP contribution in [0.2, 0.25) is 0 Å². The van der Waals surface area contributed by atoms with E-state index < -0.39 is 0 Å². The Balaban J connectivity index is 0.00000320. The van der Waals surface area contributed by atoms with Crippen LogP contribution in [0.1, 0.15) is 44.6 Å². The normalized spacial score (nSPS) is 14.8. The van der Waals surface area contributed by atoms with E-state index in [9.17, 15) is 4.79 Å². The Morgan fingerprint density at radius 3 is 2.90 bits per heavy atom. The molecular formula is C22H33IN6O. The minimum absolute atomic E-state index is 0. The Kier molecular flexibility index (Phi) is 10.7. The van der Waals surface area contributed by atoms with Crippen molar-refractivity contribution in [3.8, 4) is 5.69 Å². The molecule has 7 nitrogen and oxygen atoms in total. The van der Waals surface area contributed by atoms with Crippen molar-refractivity contribution in [2.24, 2.45) is 4.99 Å². The number of nitrogens with one attached hydrogen (secondary N) is 2. The van der Waals surface area contributed by atoms with E-state index in [1.54, 1.807) is 6.20 Å². The number of carbonyl (C=O) groups excluding carboxylic acids is 1. The van der Waals surface area contributed by atoms with Crippen molar-refractivity contribution >= 4 is 35.8 Å². The number of guanidine groups is 1. The molecule has 0 unspecified atom stereocenters. The van der Waals surface area contributed by atoms with Gasteiger partial charge in [-0.15, -0.1) is 24.0 Å². The predicted molar refractivity (Wildman–Crippen MR) is 131 cm³/mol. The molecule has 1 aromatic heterocycles. The summed E-state index contributed by atoms with van der Waals surface area (Å²) in [5.41, 5.74) is 2.16. The molecule has 3 rings (SSSR count). The van der Waals surface area contributed by atoms with Gasteiger partial charge >= 0.3 is 0 Å². The van der Waals surface area contributed by atoms with Crippen molar-refractivity contribution in [1.82, 2.24) is 25.3 Å². The van der Waals surface area contributed by atoms with Crippen LogP contribution in [0.25, 0.3) is 5.69 Å². The molecule has 0 spiro atoms. The van der Waals surface area contributed by atoms with Gasteiger partial charge in [0.2, 0.25) is 5.91 Å². The largest absolute Gasteiger partial charge is 0.357 e. The molecule has 0 aliphatic carbocycles. The first-order valence-corrected chi connectivity index (χ1v) is 10.6.